The molecule has 0 saturated carbocycles. The molecule has 0 unspecified atom stereocenters. The van der Waals surface area contributed by atoms with Crippen LogP contribution in [0.15, 0.2) is 18.3 Å². The van der Waals surface area contributed by atoms with Crippen molar-refractivity contribution >= 4 is 22.5 Å². The molecule has 0 radical (unpaired) electrons. The minimum atomic E-state index is -0.543. The third-order valence-corrected chi connectivity index (χ3v) is 4.41. The van der Waals surface area contributed by atoms with E-state index < -0.39 is 5.82 Å². The SMILES string of the molecule is CCc1cn2c(n1)c(N1CCNCC1)nc1cc(F)c(C#N)cc12. The van der Waals surface area contributed by atoms with Gasteiger partial charge in [0.15, 0.2) is 11.5 Å². The Morgan fingerprint density at radius 1 is 1.29 bits per heavy atom. The summed E-state index contributed by atoms with van der Waals surface area (Å²) in [5.74, 6) is 0.228. The largest absolute Gasteiger partial charge is 0.351 e. The van der Waals surface area contributed by atoms with Gasteiger partial charge in [-0.05, 0) is 12.5 Å². The number of hydrogen-bond donors (Lipinski definition) is 1. The molecule has 0 aliphatic carbocycles. The Morgan fingerprint density at radius 3 is 2.79 bits per heavy atom. The first kappa shape index (κ1) is 14.8. The summed E-state index contributed by atoms with van der Waals surface area (Å²) in [7, 11) is 0. The van der Waals surface area contributed by atoms with Crippen molar-refractivity contribution in [1.29, 1.82) is 5.26 Å². The topological polar surface area (TPSA) is 69.2 Å². The van der Waals surface area contributed by atoms with Gasteiger partial charge in [0.1, 0.15) is 11.9 Å². The molecular formula is C17H17FN6. The van der Waals surface area contributed by atoms with E-state index in [9.17, 15) is 4.39 Å². The van der Waals surface area contributed by atoms with E-state index in [4.69, 9.17) is 10.2 Å². The molecule has 4 rings (SSSR count). The minimum absolute atomic E-state index is 0.0206. The molecule has 0 spiro atoms. The van der Waals surface area contributed by atoms with Crippen molar-refractivity contribution in [2.24, 2.45) is 0 Å². The van der Waals surface area contributed by atoms with E-state index in [-0.39, 0.29) is 5.56 Å². The summed E-state index contributed by atoms with van der Waals surface area (Å²) in [6, 6.07) is 4.78. The van der Waals surface area contributed by atoms with Gasteiger partial charge in [0.05, 0.1) is 22.3 Å². The maximum atomic E-state index is 14.1. The average molecular weight is 324 g/mol. The van der Waals surface area contributed by atoms with Gasteiger partial charge in [-0.15, -0.1) is 0 Å². The van der Waals surface area contributed by atoms with Crippen LogP contribution in [-0.2, 0) is 6.42 Å². The van der Waals surface area contributed by atoms with Crippen molar-refractivity contribution in [1.82, 2.24) is 19.7 Å². The van der Waals surface area contributed by atoms with Gasteiger partial charge in [-0.25, -0.2) is 14.4 Å². The fourth-order valence-corrected chi connectivity index (χ4v) is 3.11. The van der Waals surface area contributed by atoms with Crippen LogP contribution in [0.25, 0.3) is 16.7 Å². The lowest BCUT2D eigenvalue weighted by Crippen LogP contribution is -2.44. The zero-order chi connectivity index (χ0) is 16.7. The predicted molar refractivity (Wildman–Crippen MR) is 89.6 cm³/mol. The first-order chi connectivity index (χ1) is 11.7. The lowest BCUT2D eigenvalue weighted by molar-refractivity contribution is 0.586. The number of hydrogen-bond acceptors (Lipinski definition) is 5. The molecule has 7 heteroatoms. The van der Waals surface area contributed by atoms with Crippen LogP contribution in [0.1, 0.15) is 18.2 Å². The van der Waals surface area contributed by atoms with Gasteiger partial charge in [0.2, 0.25) is 0 Å². The smallest absolute Gasteiger partial charge is 0.181 e. The van der Waals surface area contributed by atoms with Crippen molar-refractivity contribution in [3.05, 3.63) is 35.4 Å². The molecule has 1 aliphatic heterocycles. The Morgan fingerprint density at radius 2 is 2.08 bits per heavy atom. The van der Waals surface area contributed by atoms with E-state index in [1.54, 1.807) is 6.07 Å². The fraction of sp³-hybridized carbons (Fsp3) is 0.353. The number of nitrogens with zero attached hydrogens (tertiary/aromatic N) is 5. The highest BCUT2D eigenvalue weighted by molar-refractivity contribution is 5.84. The molecule has 1 N–H and O–H groups in total. The number of nitrogens with one attached hydrogen (secondary N) is 1. The molecule has 6 nitrogen and oxygen atoms in total. The second kappa shape index (κ2) is 5.73. The zero-order valence-electron chi connectivity index (χ0n) is 13.4. The van der Waals surface area contributed by atoms with Crippen molar-refractivity contribution in [3.63, 3.8) is 0 Å². The third-order valence-electron chi connectivity index (χ3n) is 4.41. The summed E-state index contributed by atoms with van der Waals surface area (Å²) in [4.78, 5) is 11.5. The maximum absolute atomic E-state index is 14.1. The van der Waals surface area contributed by atoms with Gasteiger partial charge >= 0.3 is 0 Å². The Kier molecular flexibility index (Phi) is 3.54. The van der Waals surface area contributed by atoms with Crippen LogP contribution in [0.4, 0.5) is 10.2 Å². The summed E-state index contributed by atoms with van der Waals surface area (Å²) in [5.41, 5.74) is 2.97. The van der Waals surface area contributed by atoms with E-state index in [1.807, 2.05) is 23.6 Å². The third kappa shape index (κ3) is 2.27. The Hall–Kier alpha value is -2.72. The molecule has 1 fully saturated rings. The number of benzene rings is 1. The van der Waals surface area contributed by atoms with E-state index >= 15 is 0 Å². The number of rotatable bonds is 2. The van der Waals surface area contributed by atoms with E-state index in [0.717, 1.165) is 49.8 Å². The van der Waals surface area contributed by atoms with Crippen molar-refractivity contribution in [2.45, 2.75) is 13.3 Å². The zero-order valence-corrected chi connectivity index (χ0v) is 13.4. The summed E-state index contributed by atoms with van der Waals surface area (Å²) < 4.78 is 16.0. The minimum Gasteiger partial charge on any atom is -0.351 e. The van der Waals surface area contributed by atoms with Crippen LogP contribution in [0.2, 0.25) is 0 Å². The number of anilines is 1. The number of fused-ring (bicyclic) bond motifs is 3. The molecule has 3 heterocycles. The number of imidazole rings is 1. The monoisotopic (exact) mass is 324 g/mol. The van der Waals surface area contributed by atoms with E-state index in [2.05, 4.69) is 15.2 Å². The van der Waals surface area contributed by atoms with Gasteiger partial charge < -0.3 is 10.2 Å². The summed E-state index contributed by atoms with van der Waals surface area (Å²) in [5, 5.41) is 12.4. The first-order valence-electron chi connectivity index (χ1n) is 8.08. The number of aryl methyl sites for hydroxylation is 1. The molecule has 1 saturated heterocycles. The molecule has 2 aromatic heterocycles. The van der Waals surface area contributed by atoms with Crippen molar-refractivity contribution < 1.29 is 4.39 Å². The summed E-state index contributed by atoms with van der Waals surface area (Å²) >= 11 is 0. The quantitative estimate of drug-likeness (QED) is 0.779. The van der Waals surface area contributed by atoms with Gasteiger partial charge in [-0.1, -0.05) is 6.92 Å². The predicted octanol–water partition coefficient (Wildman–Crippen LogP) is 1.87. The highest BCUT2D eigenvalue weighted by Crippen LogP contribution is 2.27. The van der Waals surface area contributed by atoms with Crippen LogP contribution >= 0.6 is 0 Å². The number of nitriles is 1. The van der Waals surface area contributed by atoms with Crippen LogP contribution in [0, 0.1) is 17.1 Å². The summed E-state index contributed by atoms with van der Waals surface area (Å²) in [6.07, 6.45) is 2.75. The number of aromatic nitrogens is 3. The Bertz CT molecular complexity index is 965. The average Bonchev–Trinajstić information content (AvgIpc) is 3.05. The first-order valence-corrected chi connectivity index (χ1v) is 8.08. The molecule has 0 amide bonds. The van der Waals surface area contributed by atoms with Crippen molar-refractivity contribution in [3.8, 4) is 6.07 Å². The van der Waals surface area contributed by atoms with Gasteiger partial charge in [0.25, 0.3) is 0 Å². The van der Waals surface area contributed by atoms with Gasteiger partial charge in [-0.2, -0.15) is 5.26 Å². The molecule has 0 atom stereocenters. The van der Waals surface area contributed by atoms with Gasteiger partial charge in [0, 0.05) is 38.4 Å². The van der Waals surface area contributed by atoms with Gasteiger partial charge in [-0.3, -0.25) is 4.40 Å². The fourth-order valence-electron chi connectivity index (χ4n) is 3.11. The molecule has 24 heavy (non-hydrogen) atoms. The lowest BCUT2D eigenvalue weighted by atomic mass is 10.2. The summed E-state index contributed by atoms with van der Waals surface area (Å²) in [6.45, 7) is 5.48. The maximum Gasteiger partial charge on any atom is 0.181 e. The van der Waals surface area contributed by atoms with E-state index in [1.165, 1.54) is 6.07 Å². The van der Waals surface area contributed by atoms with Crippen LogP contribution in [0.3, 0.4) is 0 Å². The second-order valence-corrected chi connectivity index (χ2v) is 5.88. The normalized spacial score (nSPS) is 15.1. The van der Waals surface area contributed by atoms with Crippen LogP contribution in [-0.4, -0.2) is 40.5 Å². The highest BCUT2D eigenvalue weighted by Gasteiger charge is 2.20. The number of halogens is 1. The molecule has 0 bridgehead atoms. The van der Waals surface area contributed by atoms with E-state index in [0.29, 0.717) is 11.0 Å². The molecule has 122 valence electrons. The van der Waals surface area contributed by atoms with Crippen molar-refractivity contribution in [2.75, 3.05) is 31.1 Å². The highest BCUT2D eigenvalue weighted by atomic mass is 19.1. The standard InChI is InChI=1S/C17H17FN6/c1-2-12-10-24-15-7-11(9-19)13(18)8-14(15)22-16(17(24)21-12)23-5-3-20-4-6-23/h7-8,10,20H,2-6H2,1H3. The number of piperazine rings is 1. The van der Waals surface area contributed by atoms with Crippen LogP contribution in [0.5, 0.6) is 0 Å². The Labute approximate surface area is 138 Å². The molecule has 1 aliphatic rings. The molecule has 1 aromatic carbocycles. The molecule has 3 aromatic rings. The lowest BCUT2D eigenvalue weighted by Gasteiger charge is -2.28. The second-order valence-electron chi connectivity index (χ2n) is 5.88. The molecular weight excluding hydrogens is 307 g/mol. The van der Waals surface area contributed by atoms with Crippen LogP contribution < -0.4 is 10.2 Å². The Balaban J connectivity index is 2.03.